The summed E-state index contributed by atoms with van der Waals surface area (Å²) < 4.78 is 22.6. The Bertz CT molecular complexity index is 969. The number of anilines is 1. The third kappa shape index (κ3) is 3.82. The molecule has 0 unspecified atom stereocenters. The van der Waals surface area contributed by atoms with Crippen molar-refractivity contribution in [3.8, 4) is 0 Å². The molecular weight excluding hydrogens is 382 g/mol. The summed E-state index contributed by atoms with van der Waals surface area (Å²) in [6.07, 6.45) is 0. The van der Waals surface area contributed by atoms with E-state index in [1.807, 2.05) is 31.2 Å². The zero-order valence-electron chi connectivity index (χ0n) is 15.6. The number of ether oxygens (including phenoxy) is 2. The molecule has 0 saturated carbocycles. The fourth-order valence-electron chi connectivity index (χ4n) is 2.88. The third-order valence-corrected chi connectivity index (χ3v) is 5.75. The summed E-state index contributed by atoms with van der Waals surface area (Å²) in [5, 5.41) is 0. The number of carbonyl (C=O) groups is 3. The minimum absolute atomic E-state index is 0.172. The van der Waals surface area contributed by atoms with E-state index in [0.717, 1.165) is 18.1 Å². The average molecular weight is 401 g/mol. The monoisotopic (exact) mass is 401 g/mol. The lowest BCUT2D eigenvalue weighted by molar-refractivity contribution is -0.148. The second kappa shape index (κ2) is 7.93. The summed E-state index contributed by atoms with van der Waals surface area (Å²) >= 11 is 0. The number of benzene rings is 2. The maximum atomic E-state index is 13.0. The predicted octanol–water partition coefficient (Wildman–Crippen LogP) is 2.33. The van der Waals surface area contributed by atoms with Crippen LogP contribution in [0.4, 0.5) is 5.69 Å². The molecule has 0 N–H and O–H groups in total. The zero-order chi connectivity index (χ0) is 20.4. The molecule has 0 spiro atoms. The van der Waals surface area contributed by atoms with Crippen molar-refractivity contribution < 1.29 is 28.1 Å². The molecule has 0 bridgehead atoms. The Kier molecular flexibility index (Phi) is 5.60. The first kappa shape index (κ1) is 19.8. The van der Waals surface area contributed by atoms with Crippen LogP contribution in [0.2, 0.25) is 0 Å². The van der Waals surface area contributed by atoms with Gasteiger partial charge in [-0.2, -0.15) is 0 Å². The number of rotatable bonds is 4. The van der Waals surface area contributed by atoms with Gasteiger partial charge in [0.05, 0.1) is 29.8 Å². The number of hydrogen-bond donors (Lipinski definition) is 0. The maximum Gasteiger partial charge on any atom is 0.337 e. The summed E-state index contributed by atoms with van der Waals surface area (Å²) in [6, 6.07) is 12.0. The Balaban J connectivity index is 2.09. The highest BCUT2D eigenvalue weighted by Gasteiger charge is 2.41. The van der Waals surface area contributed by atoms with Gasteiger partial charge in [-0.05, 0) is 30.7 Å². The van der Waals surface area contributed by atoms with Crippen molar-refractivity contribution in [1.29, 1.82) is 0 Å². The lowest BCUT2D eigenvalue weighted by Crippen LogP contribution is -2.47. The van der Waals surface area contributed by atoms with Gasteiger partial charge in [0.1, 0.15) is 10.8 Å². The molecule has 0 fully saturated rings. The molecule has 1 aliphatic heterocycles. The van der Waals surface area contributed by atoms with E-state index in [-0.39, 0.29) is 12.1 Å². The predicted molar refractivity (Wildman–Crippen MR) is 102 cm³/mol. The maximum absolute atomic E-state index is 13.0. The molecule has 1 amide bonds. The fourth-order valence-corrected chi connectivity index (χ4v) is 4.22. The number of hydrogen-bond acceptors (Lipinski definition) is 6. The standard InChI is InChI=1S/C20H19NO6S/c1-12-4-6-14(7-5-12)11-21-16-10-15(19(24)26-3)8-9-17(16)28(25)20(18(21)23)27-13(2)22/h4-10,20H,11H2,1-3H3/t20-,28-/m0/s1. The molecule has 0 saturated heterocycles. The van der Waals surface area contributed by atoms with Crippen molar-refractivity contribution in [2.24, 2.45) is 0 Å². The molecule has 7 nitrogen and oxygen atoms in total. The van der Waals surface area contributed by atoms with Crippen LogP contribution in [0.25, 0.3) is 0 Å². The highest BCUT2D eigenvalue weighted by molar-refractivity contribution is 7.86. The number of esters is 2. The molecule has 2 aromatic rings. The first-order valence-electron chi connectivity index (χ1n) is 8.49. The Labute approximate surface area is 164 Å². The van der Waals surface area contributed by atoms with Gasteiger partial charge >= 0.3 is 11.9 Å². The molecule has 1 heterocycles. The summed E-state index contributed by atoms with van der Waals surface area (Å²) in [5.41, 5.74) is 1.03. The second-order valence-corrected chi connectivity index (χ2v) is 7.79. The van der Waals surface area contributed by atoms with E-state index in [1.165, 1.54) is 30.2 Å². The van der Waals surface area contributed by atoms with E-state index >= 15 is 0 Å². The number of amides is 1. The van der Waals surface area contributed by atoms with E-state index in [2.05, 4.69) is 0 Å². The van der Waals surface area contributed by atoms with Gasteiger partial charge in [-0.25, -0.2) is 9.00 Å². The zero-order valence-corrected chi connectivity index (χ0v) is 16.4. The van der Waals surface area contributed by atoms with E-state index in [4.69, 9.17) is 9.47 Å². The molecule has 2 aromatic carbocycles. The van der Waals surface area contributed by atoms with Crippen LogP contribution in [0, 0.1) is 6.92 Å². The van der Waals surface area contributed by atoms with Crippen molar-refractivity contribution >= 4 is 34.3 Å². The van der Waals surface area contributed by atoms with E-state index < -0.39 is 34.1 Å². The van der Waals surface area contributed by atoms with Crippen LogP contribution < -0.4 is 4.90 Å². The van der Waals surface area contributed by atoms with Crippen LogP contribution in [0.3, 0.4) is 0 Å². The van der Waals surface area contributed by atoms with E-state index in [0.29, 0.717) is 10.6 Å². The summed E-state index contributed by atoms with van der Waals surface area (Å²) in [7, 11) is -0.640. The smallest absolute Gasteiger partial charge is 0.337 e. The number of aryl methyl sites for hydroxylation is 1. The van der Waals surface area contributed by atoms with Crippen molar-refractivity contribution in [2.75, 3.05) is 12.0 Å². The molecule has 3 rings (SSSR count). The topological polar surface area (TPSA) is 90.0 Å². The largest absolute Gasteiger partial charge is 0.465 e. The molecule has 146 valence electrons. The lowest BCUT2D eigenvalue weighted by Gasteiger charge is -2.33. The highest BCUT2D eigenvalue weighted by Crippen LogP contribution is 2.35. The Hall–Kier alpha value is -3.00. The van der Waals surface area contributed by atoms with Gasteiger partial charge in [-0.1, -0.05) is 29.8 Å². The normalized spacial score (nSPS) is 18.4. The van der Waals surface area contributed by atoms with Crippen LogP contribution in [0.15, 0.2) is 47.4 Å². The first-order chi connectivity index (χ1) is 13.3. The second-order valence-electron chi connectivity index (χ2n) is 6.32. The molecule has 0 aliphatic carbocycles. The van der Waals surface area contributed by atoms with Gasteiger partial charge in [0.25, 0.3) is 11.3 Å². The van der Waals surface area contributed by atoms with Crippen LogP contribution in [0.5, 0.6) is 0 Å². The van der Waals surface area contributed by atoms with Crippen LogP contribution >= 0.6 is 0 Å². The Morgan fingerprint density at radius 2 is 1.82 bits per heavy atom. The molecule has 0 radical (unpaired) electrons. The SMILES string of the molecule is COC(=O)c1ccc2c(c1)N(Cc1ccc(C)cc1)C(=O)[C@@H](OC(C)=O)[S@]2=O. The van der Waals surface area contributed by atoms with Crippen molar-refractivity contribution in [2.45, 2.75) is 30.7 Å². The molecule has 1 aliphatic rings. The van der Waals surface area contributed by atoms with Gasteiger partial charge in [0, 0.05) is 6.92 Å². The summed E-state index contributed by atoms with van der Waals surface area (Å²) in [5.74, 6) is -1.88. The fraction of sp³-hybridized carbons (Fsp3) is 0.250. The van der Waals surface area contributed by atoms with Crippen molar-refractivity contribution in [3.63, 3.8) is 0 Å². The third-order valence-electron chi connectivity index (χ3n) is 4.28. The summed E-state index contributed by atoms with van der Waals surface area (Å²) in [6.45, 7) is 3.28. The number of methoxy groups -OCH3 is 1. The van der Waals surface area contributed by atoms with Gasteiger partial charge in [0.2, 0.25) is 0 Å². The first-order valence-corrected chi connectivity index (χ1v) is 9.70. The lowest BCUT2D eigenvalue weighted by atomic mass is 10.1. The van der Waals surface area contributed by atoms with Gasteiger partial charge in [-0.15, -0.1) is 0 Å². The highest BCUT2D eigenvalue weighted by atomic mass is 32.2. The molecule has 8 heteroatoms. The number of carbonyl (C=O) groups excluding carboxylic acids is 3. The van der Waals surface area contributed by atoms with Crippen LogP contribution in [-0.2, 0) is 36.4 Å². The van der Waals surface area contributed by atoms with Gasteiger partial charge < -0.3 is 14.4 Å². The number of nitrogens with zero attached hydrogens (tertiary/aromatic N) is 1. The Morgan fingerprint density at radius 3 is 2.43 bits per heavy atom. The molecular formula is C20H19NO6S. The van der Waals surface area contributed by atoms with Crippen molar-refractivity contribution in [1.82, 2.24) is 0 Å². The minimum atomic E-state index is -1.90. The molecule has 28 heavy (non-hydrogen) atoms. The summed E-state index contributed by atoms with van der Waals surface area (Å²) in [4.78, 5) is 38.0. The van der Waals surface area contributed by atoms with Gasteiger partial charge in [0.15, 0.2) is 0 Å². The van der Waals surface area contributed by atoms with E-state index in [1.54, 1.807) is 0 Å². The molecule has 0 aromatic heterocycles. The van der Waals surface area contributed by atoms with Crippen LogP contribution in [-0.4, -0.2) is 34.6 Å². The minimum Gasteiger partial charge on any atom is -0.465 e. The number of fused-ring (bicyclic) bond motifs is 1. The van der Waals surface area contributed by atoms with Crippen LogP contribution in [0.1, 0.15) is 28.4 Å². The van der Waals surface area contributed by atoms with Gasteiger partial charge in [-0.3, -0.25) is 9.59 Å². The van der Waals surface area contributed by atoms with Crippen molar-refractivity contribution in [3.05, 3.63) is 59.2 Å². The average Bonchev–Trinajstić information content (AvgIpc) is 2.68. The van der Waals surface area contributed by atoms with E-state index in [9.17, 15) is 18.6 Å². The molecule has 2 atom stereocenters. The quantitative estimate of drug-likeness (QED) is 0.731. The Morgan fingerprint density at radius 1 is 1.14 bits per heavy atom.